The largest absolute Gasteiger partial charge is 0.452 e. The van der Waals surface area contributed by atoms with Crippen molar-refractivity contribution in [2.45, 2.75) is 33.6 Å². The van der Waals surface area contributed by atoms with Crippen molar-refractivity contribution in [1.82, 2.24) is 0 Å². The summed E-state index contributed by atoms with van der Waals surface area (Å²) >= 11 is 0. The quantitative estimate of drug-likeness (QED) is 0.837. The Morgan fingerprint density at radius 2 is 1.71 bits per heavy atom. The standard InChI is InChI=1S/C20H23NO3/c1-13(2)16-6-8-17(9-7-16)20(23)24-12-19(22)21-18-10-5-14(3)11-15(18)4/h5-11,13H,12H2,1-4H3,(H,21,22). The lowest BCUT2D eigenvalue weighted by Crippen LogP contribution is -2.21. The lowest BCUT2D eigenvalue weighted by molar-refractivity contribution is -0.119. The van der Waals surface area contributed by atoms with Crippen LogP contribution in [-0.4, -0.2) is 18.5 Å². The molecular formula is C20H23NO3. The molecule has 0 spiro atoms. The molecule has 1 amide bonds. The minimum absolute atomic E-state index is 0.307. The van der Waals surface area contributed by atoms with Crippen LogP contribution in [0.4, 0.5) is 5.69 Å². The molecule has 0 bridgehead atoms. The van der Waals surface area contributed by atoms with Crippen LogP contribution in [0.25, 0.3) is 0 Å². The Kier molecular flexibility index (Phi) is 5.74. The number of hydrogen-bond acceptors (Lipinski definition) is 3. The van der Waals surface area contributed by atoms with Gasteiger partial charge in [-0.15, -0.1) is 0 Å². The number of carbonyl (C=O) groups is 2. The van der Waals surface area contributed by atoms with Crippen molar-refractivity contribution in [2.75, 3.05) is 11.9 Å². The van der Waals surface area contributed by atoms with E-state index in [2.05, 4.69) is 19.2 Å². The highest BCUT2D eigenvalue weighted by atomic mass is 16.5. The monoisotopic (exact) mass is 325 g/mol. The van der Waals surface area contributed by atoms with Gasteiger partial charge < -0.3 is 10.1 Å². The summed E-state index contributed by atoms with van der Waals surface area (Å²) in [6.45, 7) is 7.78. The first-order chi connectivity index (χ1) is 11.4. The zero-order chi connectivity index (χ0) is 17.7. The number of esters is 1. The number of hydrogen-bond donors (Lipinski definition) is 1. The zero-order valence-corrected chi connectivity index (χ0v) is 14.6. The van der Waals surface area contributed by atoms with E-state index in [0.717, 1.165) is 22.4 Å². The summed E-state index contributed by atoms with van der Waals surface area (Å²) in [5, 5.41) is 2.75. The molecule has 2 aromatic rings. The van der Waals surface area contributed by atoms with Gasteiger partial charge in [-0.05, 0) is 49.1 Å². The fourth-order valence-electron chi connectivity index (χ4n) is 2.36. The van der Waals surface area contributed by atoms with Crippen molar-refractivity contribution in [2.24, 2.45) is 0 Å². The average Bonchev–Trinajstić information content (AvgIpc) is 2.55. The first kappa shape index (κ1) is 17.7. The minimum Gasteiger partial charge on any atom is -0.452 e. The Hall–Kier alpha value is -2.62. The third-order valence-electron chi connectivity index (χ3n) is 3.80. The molecule has 1 N–H and O–H groups in total. The fraction of sp³-hybridized carbons (Fsp3) is 0.300. The van der Waals surface area contributed by atoms with E-state index in [1.54, 1.807) is 12.1 Å². The highest BCUT2D eigenvalue weighted by Gasteiger charge is 2.11. The van der Waals surface area contributed by atoms with E-state index in [4.69, 9.17) is 4.74 Å². The smallest absolute Gasteiger partial charge is 0.338 e. The molecule has 0 unspecified atom stereocenters. The van der Waals surface area contributed by atoms with Gasteiger partial charge in [-0.1, -0.05) is 43.7 Å². The van der Waals surface area contributed by atoms with Gasteiger partial charge in [-0.2, -0.15) is 0 Å². The van der Waals surface area contributed by atoms with Crippen molar-refractivity contribution in [3.63, 3.8) is 0 Å². The molecule has 126 valence electrons. The highest BCUT2D eigenvalue weighted by Crippen LogP contribution is 2.16. The van der Waals surface area contributed by atoms with E-state index in [1.807, 2.05) is 44.2 Å². The van der Waals surface area contributed by atoms with Crippen LogP contribution >= 0.6 is 0 Å². The molecule has 0 saturated carbocycles. The van der Waals surface area contributed by atoms with Gasteiger partial charge in [0.2, 0.25) is 0 Å². The van der Waals surface area contributed by atoms with Gasteiger partial charge in [0.25, 0.3) is 5.91 Å². The molecule has 24 heavy (non-hydrogen) atoms. The Morgan fingerprint density at radius 1 is 1.04 bits per heavy atom. The molecular weight excluding hydrogens is 302 g/mol. The van der Waals surface area contributed by atoms with Gasteiger partial charge in [-0.25, -0.2) is 4.79 Å². The summed E-state index contributed by atoms with van der Waals surface area (Å²) in [5.74, 6) is -0.450. The van der Waals surface area contributed by atoms with E-state index in [9.17, 15) is 9.59 Å². The van der Waals surface area contributed by atoms with Gasteiger partial charge in [0.15, 0.2) is 6.61 Å². The second-order valence-corrected chi connectivity index (χ2v) is 6.22. The van der Waals surface area contributed by atoms with Crippen LogP contribution < -0.4 is 5.32 Å². The van der Waals surface area contributed by atoms with Crippen LogP contribution in [0, 0.1) is 13.8 Å². The van der Waals surface area contributed by atoms with Gasteiger partial charge in [0, 0.05) is 5.69 Å². The van der Waals surface area contributed by atoms with Gasteiger partial charge in [0.05, 0.1) is 5.56 Å². The maximum Gasteiger partial charge on any atom is 0.338 e. The molecule has 0 saturated heterocycles. The Morgan fingerprint density at radius 3 is 2.29 bits per heavy atom. The number of ether oxygens (including phenoxy) is 1. The highest BCUT2D eigenvalue weighted by molar-refractivity contribution is 5.95. The van der Waals surface area contributed by atoms with Crippen molar-refractivity contribution in [1.29, 1.82) is 0 Å². The summed E-state index contributed by atoms with van der Waals surface area (Å²) in [5.41, 5.74) is 4.42. The number of amides is 1. The zero-order valence-electron chi connectivity index (χ0n) is 14.6. The molecule has 0 atom stereocenters. The molecule has 2 aromatic carbocycles. The van der Waals surface area contributed by atoms with E-state index in [-0.39, 0.29) is 12.5 Å². The molecule has 4 heteroatoms. The first-order valence-corrected chi connectivity index (χ1v) is 8.01. The number of rotatable bonds is 5. The molecule has 0 radical (unpaired) electrons. The second-order valence-electron chi connectivity index (χ2n) is 6.22. The maximum atomic E-state index is 12.0. The van der Waals surface area contributed by atoms with Gasteiger partial charge in [-0.3, -0.25) is 4.79 Å². The summed E-state index contributed by atoms with van der Waals surface area (Å²) in [4.78, 5) is 23.9. The predicted molar refractivity (Wildman–Crippen MR) is 95.4 cm³/mol. The third-order valence-corrected chi connectivity index (χ3v) is 3.80. The van der Waals surface area contributed by atoms with Crippen molar-refractivity contribution in [3.05, 3.63) is 64.7 Å². The molecule has 0 aliphatic carbocycles. The summed E-state index contributed by atoms with van der Waals surface area (Å²) < 4.78 is 5.08. The molecule has 2 rings (SSSR count). The average molecular weight is 325 g/mol. The second kappa shape index (κ2) is 7.77. The number of nitrogens with one attached hydrogen (secondary N) is 1. The maximum absolute atomic E-state index is 12.0. The Bertz CT molecular complexity index is 733. The number of aryl methyl sites for hydroxylation is 2. The van der Waals surface area contributed by atoms with Crippen LogP contribution in [0.2, 0.25) is 0 Å². The van der Waals surface area contributed by atoms with Crippen molar-refractivity contribution >= 4 is 17.6 Å². The van der Waals surface area contributed by atoms with E-state index in [0.29, 0.717) is 11.5 Å². The van der Waals surface area contributed by atoms with E-state index < -0.39 is 5.97 Å². The van der Waals surface area contributed by atoms with E-state index >= 15 is 0 Å². The minimum atomic E-state index is -0.499. The molecule has 0 fully saturated rings. The molecule has 0 aliphatic heterocycles. The van der Waals surface area contributed by atoms with Gasteiger partial charge >= 0.3 is 5.97 Å². The summed E-state index contributed by atoms with van der Waals surface area (Å²) in [6, 6.07) is 13.0. The molecule has 4 nitrogen and oxygen atoms in total. The van der Waals surface area contributed by atoms with Crippen LogP contribution in [0.3, 0.4) is 0 Å². The normalized spacial score (nSPS) is 10.5. The Labute approximate surface area is 142 Å². The fourth-order valence-corrected chi connectivity index (χ4v) is 2.36. The summed E-state index contributed by atoms with van der Waals surface area (Å²) in [6.07, 6.45) is 0. The van der Waals surface area contributed by atoms with Crippen LogP contribution in [0.5, 0.6) is 0 Å². The lowest BCUT2D eigenvalue weighted by Gasteiger charge is -2.10. The predicted octanol–water partition coefficient (Wildman–Crippen LogP) is 4.22. The Balaban J connectivity index is 1.90. The van der Waals surface area contributed by atoms with Gasteiger partial charge in [0.1, 0.15) is 0 Å². The SMILES string of the molecule is Cc1ccc(NC(=O)COC(=O)c2ccc(C(C)C)cc2)c(C)c1. The van der Waals surface area contributed by atoms with Crippen molar-refractivity contribution in [3.8, 4) is 0 Å². The van der Waals surface area contributed by atoms with Crippen LogP contribution in [0.15, 0.2) is 42.5 Å². The van der Waals surface area contributed by atoms with Crippen molar-refractivity contribution < 1.29 is 14.3 Å². The summed E-state index contributed by atoms with van der Waals surface area (Å²) in [7, 11) is 0. The topological polar surface area (TPSA) is 55.4 Å². The van der Waals surface area contributed by atoms with Crippen LogP contribution in [-0.2, 0) is 9.53 Å². The lowest BCUT2D eigenvalue weighted by atomic mass is 10.0. The number of benzene rings is 2. The third kappa shape index (κ3) is 4.69. The van der Waals surface area contributed by atoms with E-state index in [1.165, 1.54) is 0 Å². The first-order valence-electron chi connectivity index (χ1n) is 8.01. The number of carbonyl (C=O) groups excluding carboxylic acids is 2. The molecule has 0 heterocycles. The molecule has 0 aromatic heterocycles. The van der Waals surface area contributed by atoms with Crippen LogP contribution in [0.1, 0.15) is 46.8 Å². The number of anilines is 1. The molecule has 0 aliphatic rings.